The maximum Gasteiger partial charge on any atom is 0.194 e. The summed E-state index contributed by atoms with van der Waals surface area (Å²) in [4.78, 5) is 9.32. The van der Waals surface area contributed by atoms with Gasteiger partial charge in [0, 0.05) is 38.9 Å². The normalized spacial score (nSPS) is 25.4. The Hall–Kier alpha value is -2.20. The minimum absolute atomic E-state index is 0.0592. The fourth-order valence-corrected chi connectivity index (χ4v) is 6.27. The van der Waals surface area contributed by atoms with E-state index in [9.17, 15) is 13.2 Å². The van der Waals surface area contributed by atoms with Crippen LogP contribution in [-0.4, -0.2) is 51.4 Å². The molecule has 0 spiro atoms. The number of ether oxygens (including phenoxy) is 3. The van der Waals surface area contributed by atoms with E-state index in [1.165, 1.54) is 34.3 Å². The minimum Gasteiger partial charge on any atom is -0.397 e. The molecule has 4 heterocycles. The zero-order valence-electron chi connectivity index (χ0n) is 19.0. The minimum atomic E-state index is -1.58. The predicted octanol–water partition coefficient (Wildman–Crippen LogP) is 4.02. The van der Waals surface area contributed by atoms with E-state index in [1.807, 2.05) is 11.4 Å². The highest BCUT2D eigenvalue weighted by Crippen LogP contribution is 2.41. The van der Waals surface area contributed by atoms with Gasteiger partial charge in [0.2, 0.25) is 0 Å². The van der Waals surface area contributed by atoms with Gasteiger partial charge in [-0.3, -0.25) is 4.98 Å². The number of hydrazine groups is 1. The van der Waals surface area contributed by atoms with Gasteiger partial charge in [0.25, 0.3) is 0 Å². The smallest absolute Gasteiger partial charge is 0.194 e. The molecule has 0 bridgehead atoms. The van der Waals surface area contributed by atoms with Crippen molar-refractivity contribution in [2.75, 3.05) is 6.61 Å². The fraction of sp³-hybridized carbons (Fsp3) is 0.304. The van der Waals surface area contributed by atoms with E-state index in [1.54, 1.807) is 17.9 Å². The molecule has 5 unspecified atom stereocenters. The topological polar surface area (TPSA) is 109 Å². The number of hydrogen-bond acceptors (Lipinski definition) is 10. The second-order valence-electron chi connectivity index (χ2n) is 8.33. The first kappa shape index (κ1) is 26.4. The van der Waals surface area contributed by atoms with Gasteiger partial charge in [-0.1, -0.05) is 11.8 Å². The number of fused-ring (bicyclic) bond motifs is 1. The molecular weight excluding hydrogens is 595 g/mol. The van der Waals surface area contributed by atoms with Crippen LogP contribution in [0.3, 0.4) is 0 Å². The van der Waals surface area contributed by atoms with Crippen LogP contribution < -0.4 is 11.6 Å². The van der Waals surface area contributed by atoms with Crippen LogP contribution in [0.25, 0.3) is 5.70 Å². The molecule has 2 fully saturated rings. The molecule has 0 saturated carbocycles. The lowest BCUT2D eigenvalue weighted by Gasteiger charge is -2.53. The first-order valence-corrected chi connectivity index (χ1v) is 13.6. The Labute approximate surface area is 226 Å². The third-order valence-electron chi connectivity index (χ3n) is 5.86. The second-order valence-corrected chi connectivity index (χ2v) is 11.1. The number of nitrogens with zero attached hydrogens (tertiary/aromatic N) is 3. The van der Waals surface area contributed by atoms with Crippen LogP contribution in [-0.2, 0) is 20.8 Å². The van der Waals surface area contributed by atoms with Crippen molar-refractivity contribution in [2.24, 2.45) is 11.6 Å². The van der Waals surface area contributed by atoms with Gasteiger partial charge in [-0.05, 0) is 34.1 Å². The number of benzene rings is 1. The van der Waals surface area contributed by atoms with Crippen LogP contribution in [0, 0.1) is 17.5 Å². The Morgan fingerprint density at radius 2 is 2.05 bits per heavy atom. The molecule has 2 aliphatic heterocycles. The van der Waals surface area contributed by atoms with E-state index in [2.05, 4.69) is 25.9 Å². The van der Waals surface area contributed by atoms with Gasteiger partial charge in [0.15, 0.2) is 17.5 Å². The Morgan fingerprint density at radius 3 is 2.70 bits per heavy atom. The zero-order chi connectivity index (χ0) is 26.1. The molecule has 1 aromatic carbocycles. The number of thioether (sulfide) groups is 1. The lowest BCUT2D eigenvalue weighted by Crippen LogP contribution is -2.70. The van der Waals surface area contributed by atoms with Crippen LogP contribution in [0.1, 0.15) is 11.3 Å². The lowest BCUT2D eigenvalue weighted by atomic mass is 9.92. The molecule has 0 amide bonds. The number of nitrogens with two attached hydrogens (primary N) is 2. The maximum atomic E-state index is 13.8. The van der Waals surface area contributed by atoms with E-state index in [0.717, 1.165) is 27.2 Å². The number of pyridine rings is 1. The Kier molecular flexibility index (Phi) is 8.04. The Balaban J connectivity index is 1.44. The highest BCUT2D eigenvalue weighted by atomic mass is 79.9. The summed E-state index contributed by atoms with van der Waals surface area (Å²) < 4.78 is 60.2. The molecule has 196 valence electrons. The summed E-state index contributed by atoms with van der Waals surface area (Å²) in [6.45, 7) is 0.565. The van der Waals surface area contributed by atoms with Crippen molar-refractivity contribution in [3.63, 3.8) is 0 Å². The summed E-state index contributed by atoms with van der Waals surface area (Å²) in [6, 6.07) is 2.93. The second kappa shape index (κ2) is 11.3. The third-order valence-corrected chi connectivity index (χ3v) is 8.03. The van der Waals surface area contributed by atoms with Gasteiger partial charge < -0.3 is 25.0 Å². The molecule has 2 aromatic heterocycles. The molecule has 2 saturated heterocycles. The van der Waals surface area contributed by atoms with E-state index in [-0.39, 0.29) is 24.0 Å². The number of rotatable bonds is 8. The van der Waals surface area contributed by atoms with Gasteiger partial charge in [0.05, 0.1) is 30.1 Å². The van der Waals surface area contributed by atoms with Gasteiger partial charge >= 0.3 is 0 Å². The van der Waals surface area contributed by atoms with Crippen LogP contribution in [0.2, 0.25) is 0 Å². The fourth-order valence-electron chi connectivity index (χ4n) is 4.05. The summed E-state index contributed by atoms with van der Waals surface area (Å²) >= 11 is 6.29. The van der Waals surface area contributed by atoms with Crippen molar-refractivity contribution >= 4 is 44.7 Å². The molecule has 4 N–H and O–H groups in total. The number of hydrogen-bond donors (Lipinski definition) is 2. The monoisotopic (exact) mass is 615 g/mol. The summed E-state index contributed by atoms with van der Waals surface area (Å²) in [6.07, 6.45) is 3.36. The highest BCUT2D eigenvalue weighted by molar-refractivity contribution is 9.10. The Morgan fingerprint density at radius 1 is 1.27 bits per heavy atom. The SMILES string of the molecule is N/C(=C\N(N)C1C2OCC2OC(Sc2cncc(Br)c2)C1OCc1cscn1)c1cc(F)c(F)c(F)c1. The third kappa shape index (κ3) is 5.79. The van der Waals surface area contributed by atoms with Crippen molar-refractivity contribution in [1.29, 1.82) is 0 Å². The highest BCUT2D eigenvalue weighted by Gasteiger charge is 2.54. The van der Waals surface area contributed by atoms with Gasteiger partial charge in [-0.2, -0.15) is 0 Å². The largest absolute Gasteiger partial charge is 0.397 e. The van der Waals surface area contributed by atoms with E-state index < -0.39 is 41.1 Å². The molecule has 37 heavy (non-hydrogen) atoms. The first-order chi connectivity index (χ1) is 17.8. The lowest BCUT2D eigenvalue weighted by molar-refractivity contribution is -0.277. The average Bonchev–Trinajstić information content (AvgIpc) is 3.36. The van der Waals surface area contributed by atoms with Crippen molar-refractivity contribution in [1.82, 2.24) is 15.0 Å². The van der Waals surface area contributed by atoms with Gasteiger partial charge in [-0.25, -0.2) is 24.0 Å². The molecule has 5 atom stereocenters. The molecule has 0 aliphatic carbocycles. The van der Waals surface area contributed by atoms with Crippen LogP contribution in [0.15, 0.2) is 57.1 Å². The molecule has 5 rings (SSSR count). The van der Waals surface area contributed by atoms with E-state index in [4.69, 9.17) is 25.8 Å². The molecule has 0 radical (unpaired) electrons. The first-order valence-electron chi connectivity index (χ1n) is 11.0. The van der Waals surface area contributed by atoms with Gasteiger partial charge in [-0.15, -0.1) is 11.3 Å². The summed E-state index contributed by atoms with van der Waals surface area (Å²) in [5.74, 6) is 2.17. The molecular formula is C23H21BrF3N5O3S2. The molecule has 14 heteroatoms. The average molecular weight is 616 g/mol. The molecule has 3 aromatic rings. The van der Waals surface area contributed by atoms with Crippen LogP contribution in [0.4, 0.5) is 13.2 Å². The number of halogens is 4. The van der Waals surface area contributed by atoms with Crippen molar-refractivity contribution in [3.8, 4) is 0 Å². The quantitative estimate of drug-likeness (QED) is 0.221. The van der Waals surface area contributed by atoms with Gasteiger partial charge in [0.1, 0.15) is 29.8 Å². The summed E-state index contributed by atoms with van der Waals surface area (Å²) in [5, 5.41) is 3.17. The van der Waals surface area contributed by atoms with E-state index >= 15 is 0 Å². The Bertz CT molecular complexity index is 1270. The van der Waals surface area contributed by atoms with Crippen LogP contribution in [0.5, 0.6) is 0 Å². The van der Waals surface area contributed by atoms with Crippen LogP contribution >= 0.6 is 39.0 Å². The van der Waals surface area contributed by atoms with Crippen molar-refractivity contribution < 1.29 is 27.4 Å². The summed E-state index contributed by atoms with van der Waals surface area (Å²) in [5.41, 5.74) is 7.91. The zero-order valence-corrected chi connectivity index (χ0v) is 22.2. The van der Waals surface area contributed by atoms with Crippen molar-refractivity contribution in [3.05, 3.63) is 80.9 Å². The molecule has 2 aliphatic rings. The predicted molar refractivity (Wildman–Crippen MR) is 135 cm³/mol. The molecule has 8 nitrogen and oxygen atoms in total. The maximum absolute atomic E-state index is 13.8. The van der Waals surface area contributed by atoms with E-state index in [0.29, 0.717) is 6.61 Å². The summed E-state index contributed by atoms with van der Waals surface area (Å²) in [7, 11) is 0. The van der Waals surface area contributed by atoms with Crippen molar-refractivity contribution in [2.45, 2.75) is 41.3 Å². The number of thiazole rings is 1. The standard InChI is InChI=1S/C23H21BrF3N5O3S2/c24-12-3-14(5-30-4-12)37-23-22(33-7-13-9-36-10-31-13)20(21-18(35-23)8-34-21)32(29)6-17(28)11-1-15(25)19(27)16(26)2-11/h1-6,9-10,18,20-23H,7-8,28-29H2/b17-6-. The number of aromatic nitrogens is 2.